The first-order valence-electron chi connectivity index (χ1n) is 4.61. The van der Waals surface area contributed by atoms with E-state index in [4.69, 9.17) is 10.5 Å². The summed E-state index contributed by atoms with van der Waals surface area (Å²) in [4.78, 5) is 10.2. The molecule has 1 radical (unpaired) electrons. The molecule has 1 aromatic rings. The average Bonchev–Trinajstić information content (AvgIpc) is 2.21. The van der Waals surface area contributed by atoms with E-state index in [0.717, 1.165) is 11.3 Å². The monoisotopic (exact) mass is 192 g/mol. The van der Waals surface area contributed by atoms with Crippen LogP contribution in [-0.4, -0.2) is 18.9 Å². The molecule has 0 saturated heterocycles. The van der Waals surface area contributed by atoms with Gasteiger partial charge in [0.25, 0.3) is 0 Å². The molecule has 1 rings (SSSR count). The lowest BCUT2D eigenvalue weighted by atomic mass is 10.1. The molecule has 0 fully saturated rings. The Bertz CT molecular complexity index is 282. The molecule has 75 valence electrons. The van der Waals surface area contributed by atoms with Crippen LogP contribution in [0.1, 0.15) is 12.5 Å². The second kappa shape index (κ2) is 5.40. The number of carbonyl (C=O) groups excluding carboxylic acids is 1. The summed E-state index contributed by atoms with van der Waals surface area (Å²) in [7, 11) is 0. The predicted octanol–water partition coefficient (Wildman–Crippen LogP) is 1.06. The van der Waals surface area contributed by atoms with Gasteiger partial charge >= 0.3 is 0 Å². The summed E-state index contributed by atoms with van der Waals surface area (Å²) in [5, 5.41) is 0. The van der Waals surface area contributed by atoms with Crippen LogP contribution in [0.3, 0.4) is 0 Å². The van der Waals surface area contributed by atoms with Gasteiger partial charge in [0.05, 0.1) is 12.6 Å². The molecule has 0 aliphatic heterocycles. The molecule has 0 spiro atoms. The minimum Gasteiger partial charge on any atom is -0.494 e. The smallest absolute Gasteiger partial charge is 0.217 e. The second-order valence-electron chi connectivity index (χ2n) is 3.01. The number of nitrogens with two attached hydrogens (primary N) is 1. The van der Waals surface area contributed by atoms with Crippen LogP contribution in [0, 0.1) is 0 Å². The Balaban J connectivity index is 2.59. The molecule has 3 heteroatoms. The van der Waals surface area contributed by atoms with E-state index >= 15 is 0 Å². The Kier molecular flexibility index (Phi) is 4.13. The zero-order chi connectivity index (χ0) is 10.4. The van der Waals surface area contributed by atoms with Crippen molar-refractivity contribution in [2.24, 2.45) is 5.73 Å². The van der Waals surface area contributed by atoms with Gasteiger partial charge in [-0.2, -0.15) is 0 Å². The minimum absolute atomic E-state index is 0.524. The van der Waals surface area contributed by atoms with Gasteiger partial charge in [-0.05, 0) is 31.0 Å². The number of benzene rings is 1. The molecule has 2 N–H and O–H groups in total. The molecule has 14 heavy (non-hydrogen) atoms. The van der Waals surface area contributed by atoms with E-state index in [9.17, 15) is 4.79 Å². The van der Waals surface area contributed by atoms with Crippen molar-refractivity contribution in [3.63, 3.8) is 0 Å². The van der Waals surface area contributed by atoms with Crippen LogP contribution in [0.5, 0.6) is 5.75 Å². The van der Waals surface area contributed by atoms with Gasteiger partial charge in [-0.15, -0.1) is 0 Å². The van der Waals surface area contributed by atoms with Gasteiger partial charge < -0.3 is 10.5 Å². The highest BCUT2D eigenvalue weighted by Crippen LogP contribution is 2.12. The Hall–Kier alpha value is -1.35. The Morgan fingerprint density at radius 3 is 2.57 bits per heavy atom. The topological polar surface area (TPSA) is 52.3 Å². The molecule has 0 amide bonds. The molecule has 1 atom stereocenters. The zero-order valence-electron chi connectivity index (χ0n) is 8.19. The van der Waals surface area contributed by atoms with Gasteiger partial charge in [0.15, 0.2) is 0 Å². The van der Waals surface area contributed by atoms with Crippen molar-refractivity contribution in [1.29, 1.82) is 0 Å². The second-order valence-corrected chi connectivity index (χ2v) is 3.01. The SMILES string of the molecule is CCOc1ccc(C[C@H](N)[C]=O)cc1. The summed E-state index contributed by atoms with van der Waals surface area (Å²) in [6.45, 7) is 2.59. The highest BCUT2D eigenvalue weighted by molar-refractivity contribution is 5.58. The number of hydrogen-bond acceptors (Lipinski definition) is 3. The predicted molar refractivity (Wildman–Crippen MR) is 55.0 cm³/mol. The summed E-state index contributed by atoms with van der Waals surface area (Å²) in [5.74, 6) is 0.833. The van der Waals surface area contributed by atoms with E-state index < -0.39 is 6.04 Å². The van der Waals surface area contributed by atoms with Gasteiger partial charge in [0.2, 0.25) is 6.29 Å². The number of ether oxygens (including phenoxy) is 1. The summed E-state index contributed by atoms with van der Waals surface area (Å²) in [6, 6.07) is 7.02. The van der Waals surface area contributed by atoms with Crippen molar-refractivity contribution in [3.05, 3.63) is 29.8 Å². The summed E-state index contributed by atoms with van der Waals surface area (Å²) < 4.78 is 5.28. The Morgan fingerprint density at radius 2 is 2.07 bits per heavy atom. The molecule has 1 aromatic carbocycles. The lowest BCUT2D eigenvalue weighted by Gasteiger charge is -2.05. The van der Waals surface area contributed by atoms with Crippen LogP contribution in [0.2, 0.25) is 0 Å². The fourth-order valence-corrected chi connectivity index (χ4v) is 1.18. The van der Waals surface area contributed by atoms with Crippen molar-refractivity contribution in [3.8, 4) is 5.75 Å². The molecule has 0 heterocycles. The Morgan fingerprint density at radius 1 is 1.43 bits per heavy atom. The van der Waals surface area contributed by atoms with Gasteiger partial charge in [0, 0.05) is 0 Å². The fraction of sp³-hybridized carbons (Fsp3) is 0.364. The molecule has 0 aliphatic rings. The van der Waals surface area contributed by atoms with Crippen LogP contribution in [0.25, 0.3) is 0 Å². The van der Waals surface area contributed by atoms with Crippen molar-refractivity contribution in [1.82, 2.24) is 0 Å². The molecule has 0 saturated carbocycles. The summed E-state index contributed by atoms with van der Waals surface area (Å²) in [5.41, 5.74) is 6.46. The first kappa shape index (κ1) is 10.7. The maximum absolute atomic E-state index is 10.2. The minimum atomic E-state index is -0.534. The largest absolute Gasteiger partial charge is 0.494 e. The highest BCUT2D eigenvalue weighted by atomic mass is 16.5. The summed E-state index contributed by atoms with van der Waals surface area (Å²) >= 11 is 0. The van der Waals surface area contributed by atoms with E-state index in [-0.39, 0.29) is 0 Å². The normalized spacial score (nSPS) is 12.1. The van der Waals surface area contributed by atoms with Crippen molar-refractivity contribution in [2.45, 2.75) is 19.4 Å². The van der Waals surface area contributed by atoms with Gasteiger partial charge in [-0.3, -0.25) is 4.79 Å². The van der Waals surface area contributed by atoms with Gasteiger partial charge in [-0.1, -0.05) is 12.1 Å². The Labute approximate surface area is 83.9 Å². The third-order valence-electron chi connectivity index (χ3n) is 1.84. The quantitative estimate of drug-likeness (QED) is 0.759. The van der Waals surface area contributed by atoms with Crippen molar-refractivity contribution >= 4 is 6.29 Å². The third-order valence-corrected chi connectivity index (χ3v) is 1.84. The van der Waals surface area contributed by atoms with Crippen LogP contribution in [-0.2, 0) is 11.2 Å². The average molecular weight is 192 g/mol. The maximum Gasteiger partial charge on any atom is 0.217 e. The van der Waals surface area contributed by atoms with Gasteiger partial charge in [-0.25, -0.2) is 0 Å². The highest BCUT2D eigenvalue weighted by Gasteiger charge is 2.02. The van der Waals surface area contributed by atoms with Crippen molar-refractivity contribution < 1.29 is 9.53 Å². The van der Waals surface area contributed by atoms with Gasteiger partial charge in [0.1, 0.15) is 5.75 Å². The maximum atomic E-state index is 10.2. The molecule has 0 unspecified atom stereocenters. The van der Waals surface area contributed by atoms with Crippen molar-refractivity contribution in [2.75, 3.05) is 6.61 Å². The van der Waals surface area contributed by atoms with E-state index in [2.05, 4.69) is 0 Å². The molecular weight excluding hydrogens is 178 g/mol. The molecule has 0 aliphatic carbocycles. The number of hydrogen-bond donors (Lipinski definition) is 1. The van der Waals surface area contributed by atoms with Crippen LogP contribution in [0.4, 0.5) is 0 Å². The lowest BCUT2D eigenvalue weighted by molar-refractivity contribution is 0.340. The molecule has 0 bridgehead atoms. The van der Waals surface area contributed by atoms with E-state index in [1.54, 1.807) is 6.29 Å². The summed E-state index contributed by atoms with van der Waals surface area (Å²) in [6.07, 6.45) is 2.27. The van der Waals surface area contributed by atoms with E-state index in [1.807, 2.05) is 31.2 Å². The van der Waals surface area contributed by atoms with Crippen LogP contribution < -0.4 is 10.5 Å². The molecule has 3 nitrogen and oxygen atoms in total. The fourth-order valence-electron chi connectivity index (χ4n) is 1.18. The third kappa shape index (κ3) is 3.18. The van der Waals surface area contributed by atoms with Crippen LogP contribution >= 0.6 is 0 Å². The zero-order valence-corrected chi connectivity index (χ0v) is 8.19. The molecule has 0 aromatic heterocycles. The van der Waals surface area contributed by atoms with E-state index in [0.29, 0.717) is 13.0 Å². The van der Waals surface area contributed by atoms with E-state index in [1.165, 1.54) is 0 Å². The molecular formula is C11H14NO2. The first-order valence-corrected chi connectivity index (χ1v) is 4.61. The standard InChI is InChI=1S/C11H14NO2/c1-2-14-11-5-3-9(4-6-11)7-10(12)8-13/h3-6,10H,2,7,12H2,1H3/t10-/m0/s1. The number of rotatable bonds is 5. The first-order chi connectivity index (χ1) is 6.76. The lowest BCUT2D eigenvalue weighted by Crippen LogP contribution is -2.23. The van der Waals surface area contributed by atoms with Crippen LogP contribution in [0.15, 0.2) is 24.3 Å².